The molecule has 0 atom stereocenters. The molecular formula is C25H32N4. The minimum Gasteiger partial charge on any atom is -0.306 e. The molecular weight excluding hydrogens is 356 g/mol. The standard InChI is InChI=1S/C25H32N4/c1-13-15(3)19(7)23-21(17(13)5)26-11-28(23)25(9,10)29-12-27-22-18(6)14(2)16(4)20(8)24(22)29/h11-12H,1-10H3. The third-order valence-electron chi connectivity index (χ3n) is 7.51. The summed E-state index contributed by atoms with van der Waals surface area (Å²) < 4.78 is 4.64. The molecule has 0 N–H and O–H groups in total. The van der Waals surface area contributed by atoms with E-state index in [1.165, 1.54) is 55.5 Å². The highest BCUT2D eigenvalue weighted by atomic mass is 15.3. The highest BCUT2D eigenvalue weighted by Crippen LogP contribution is 2.36. The maximum Gasteiger partial charge on any atom is 0.118 e. The van der Waals surface area contributed by atoms with Gasteiger partial charge in [-0.25, -0.2) is 9.97 Å². The molecule has 0 radical (unpaired) electrons. The van der Waals surface area contributed by atoms with E-state index in [-0.39, 0.29) is 5.66 Å². The van der Waals surface area contributed by atoms with Crippen LogP contribution < -0.4 is 0 Å². The van der Waals surface area contributed by atoms with Crippen molar-refractivity contribution in [2.75, 3.05) is 0 Å². The quantitative estimate of drug-likeness (QED) is 0.416. The van der Waals surface area contributed by atoms with Crippen LogP contribution in [0.3, 0.4) is 0 Å². The van der Waals surface area contributed by atoms with Gasteiger partial charge in [-0.2, -0.15) is 0 Å². The maximum absolute atomic E-state index is 4.84. The van der Waals surface area contributed by atoms with Gasteiger partial charge in [0.2, 0.25) is 0 Å². The zero-order valence-electron chi connectivity index (χ0n) is 19.4. The molecule has 0 aliphatic rings. The number of rotatable bonds is 2. The summed E-state index contributed by atoms with van der Waals surface area (Å²) in [6, 6.07) is 0. The van der Waals surface area contributed by atoms with E-state index in [0.717, 1.165) is 11.0 Å². The topological polar surface area (TPSA) is 35.6 Å². The van der Waals surface area contributed by atoms with E-state index in [9.17, 15) is 0 Å². The molecule has 4 nitrogen and oxygen atoms in total. The molecule has 4 aromatic rings. The Morgan fingerprint density at radius 3 is 1.17 bits per heavy atom. The van der Waals surface area contributed by atoms with Crippen molar-refractivity contribution in [3.05, 3.63) is 57.2 Å². The molecule has 0 bridgehead atoms. The van der Waals surface area contributed by atoms with Gasteiger partial charge in [-0.05, 0) is 114 Å². The highest BCUT2D eigenvalue weighted by Gasteiger charge is 2.29. The Morgan fingerprint density at radius 1 is 0.517 bits per heavy atom. The lowest BCUT2D eigenvalue weighted by molar-refractivity contribution is 0.307. The number of aryl methyl sites for hydroxylation is 4. The van der Waals surface area contributed by atoms with E-state index in [0.29, 0.717) is 0 Å². The zero-order chi connectivity index (χ0) is 21.4. The average Bonchev–Trinajstić information content (AvgIpc) is 3.33. The molecule has 29 heavy (non-hydrogen) atoms. The SMILES string of the molecule is Cc1c(C)c(C)c2c(ncn2C(C)(C)n2cnc3c(C)c(C)c(C)c(C)c32)c1C. The number of aromatic nitrogens is 4. The number of hydrogen-bond acceptors (Lipinski definition) is 2. The minimum atomic E-state index is -0.346. The molecule has 0 unspecified atom stereocenters. The molecule has 0 saturated carbocycles. The van der Waals surface area contributed by atoms with Gasteiger partial charge in [-0.15, -0.1) is 0 Å². The van der Waals surface area contributed by atoms with Gasteiger partial charge >= 0.3 is 0 Å². The molecule has 4 heteroatoms. The molecule has 2 aromatic heterocycles. The third kappa shape index (κ3) is 2.44. The highest BCUT2D eigenvalue weighted by molar-refractivity contribution is 5.87. The van der Waals surface area contributed by atoms with Crippen LogP contribution in [0, 0.1) is 55.4 Å². The summed E-state index contributed by atoms with van der Waals surface area (Å²) in [5.41, 5.74) is 14.8. The summed E-state index contributed by atoms with van der Waals surface area (Å²) in [7, 11) is 0. The molecule has 2 heterocycles. The van der Waals surface area contributed by atoms with Crippen molar-refractivity contribution in [2.45, 2.75) is 74.9 Å². The molecule has 0 aliphatic heterocycles. The van der Waals surface area contributed by atoms with Crippen LogP contribution in [0.2, 0.25) is 0 Å². The normalized spacial score (nSPS) is 12.5. The second-order valence-corrected chi connectivity index (χ2v) is 9.12. The van der Waals surface area contributed by atoms with Crippen LogP contribution in [0.15, 0.2) is 12.7 Å². The van der Waals surface area contributed by atoms with Crippen molar-refractivity contribution < 1.29 is 0 Å². The Hall–Kier alpha value is -2.62. The van der Waals surface area contributed by atoms with Crippen molar-refractivity contribution in [3.63, 3.8) is 0 Å². The van der Waals surface area contributed by atoms with Gasteiger partial charge in [-0.1, -0.05) is 0 Å². The van der Waals surface area contributed by atoms with Gasteiger partial charge in [0.25, 0.3) is 0 Å². The Bertz CT molecular complexity index is 1200. The van der Waals surface area contributed by atoms with E-state index < -0.39 is 0 Å². The van der Waals surface area contributed by atoms with Crippen LogP contribution in [0.1, 0.15) is 58.4 Å². The van der Waals surface area contributed by atoms with Crippen molar-refractivity contribution in [1.29, 1.82) is 0 Å². The summed E-state index contributed by atoms with van der Waals surface area (Å²) in [4.78, 5) is 9.68. The zero-order valence-corrected chi connectivity index (χ0v) is 19.4. The molecule has 152 valence electrons. The molecule has 0 fully saturated rings. The van der Waals surface area contributed by atoms with Crippen LogP contribution in [-0.4, -0.2) is 19.1 Å². The number of imidazole rings is 2. The summed E-state index contributed by atoms with van der Waals surface area (Å²) in [5.74, 6) is 0. The van der Waals surface area contributed by atoms with E-state index >= 15 is 0 Å². The predicted molar refractivity (Wildman–Crippen MR) is 122 cm³/mol. The van der Waals surface area contributed by atoms with Gasteiger partial charge in [0.05, 0.1) is 34.7 Å². The first-order chi connectivity index (χ1) is 13.5. The molecule has 0 spiro atoms. The number of nitrogens with zero attached hydrogens (tertiary/aromatic N) is 4. The number of hydrogen-bond donors (Lipinski definition) is 0. The average molecular weight is 389 g/mol. The van der Waals surface area contributed by atoms with Crippen LogP contribution in [0.25, 0.3) is 22.1 Å². The fourth-order valence-corrected chi connectivity index (χ4v) is 4.74. The largest absolute Gasteiger partial charge is 0.306 e. The molecule has 0 saturated heterocycles. The smallest absolute Gasteiger partial charge is 0.118 e. The first-order valence-electron chi connectivity index (χ1n) is 10.4. The number of fused-ring (bicyclic) bond motifs is 2. The third-order valence-corrected chi connectivity index (χ3v) is 7.51. The Balaban J connectivity index is 2.08. The van der Waals surface area contributed by atoms with Gasteiger partial charge in [-0.3, -0.25) is 0 Å². The van der Waals surface area contributed by atoms with Crippen molar-refractivity contribution in [3.8, 4) is 0 Å². The molecule has 2 aromatic carbocycles. The molecule has 4 rings (SSSR count). The van der Waals surface area contributed by atoms with Gasteiger partial charge < -0.3 is 9.13 Å². The Labute approximate surface area is 173 Å². The monoisotopic (exact) mass is 388 g/mol. The van der Waals surface area contributed by atoms with Crippen LogP contribution in [0.5, 0.6) is 0 Å². The van der Waals surface area contributed by atoms with Crippen molar-refractivity contribution >= 4 is 22.1 Å². The van der Waals surface area contributed by atoms with Crippen LogP contribution >= 0.6 is 0 Å². The van der Waals surface area contributed by atoms with Gasteiger partial charge in [0, 0.05) is 0 Å². The van der Waals surface area contributed by atoms with Crippen molar-refractivity contribution in [1.82, 2.24) is 19.1 Å². The Kier molecular flexibility index (Phi) is 4.20. The Morgan fingerprint density at radius 2 is 0.828 bits per heavy atom. The lowest BCUT2D eigenvalue weighted by atomic mass is 9.96. The van der Waals surface area contributed by atoms with E-state index in [1.54, 1.807) is 0 Å². The summed E-state index contributed by atoms with van der Waals surface area (Å²) in [6.07, 6.45) is 4.00. The first-order valence-corrected chi connectivity index (χ1v) is 10.4. The fourth-order valence-electron chi connectivity index (χ4n) is 4.74. The summed E-state index contributed by atoms with van der Waals surface area (Å²) >= 11 is 0. The van der Waals surface area contributed by atoms with Gasteiger partial charge in [0.15, 0.2) is 0 Å². The van der Waals surface area contributed by atoms with Crippen molar-refractivity contribution in [2.24, 2.45) is 0 Å². The predicted octanol–water partition coefficient (Wildman–Crippen LogP) is 6.09. The van der Waals surface area contributed by atoms with E-state index in [1.807, 2.05) is 12.7 Å². The first kappa shape index (κ1) is 19.7. The second-order valence-electron chi connectivity index (χ2n) is 9.12. The van der Waals surface area contributed by atoms with E-state index in [2.05, 4.69) is 78.4 Å². The minimum absolute atomic E-state index is 0.346. The summed E-state index contributed by atoms with van der Waals surface area (Å²) in [5, 5.41) is 0. The van der Waals surface area contributed by atoms with Crippen LogP contribution in [0.4, 0.5) is 0 Å². The number of benzene rings is 2. The fraction of sp³-hybridized carbons (Fsp3) is 0.440. The lowest BCUT2D eigenvalue weighted by Crippen LogP contribution is -2.34. The van der Waals surface area contributed by atoms with Gasteiger partial charge in [0.1, 0.15) is 5.66 Å². The maximum atomic E-state index is 4.84. The molecule has 0 amide bonds. The van der Waals surface area contributed by atoms with Crippen LogP contribution in [-0.2, 0) is 5.66 Å². The summed E-state index contributed by atoms with van der Waals surface area (Å²) in [6.45, 7) is 22.1. The van der Waals surface area contributed by atoms with E-state index in [4.69, 9.17) is 9.97 Å². The lowest BCUT2D eigenvalue weighted by Gasteiger charge is -2.31. The second kappa shape index (κ2) is 6.19. The molecule has 0 aliphatic carbocycles.